The quantitative estimate of drug-likeness (QED) is 0.319. The van der Waals surface area contributed by atoms with Crippen molar-refractivity contribution in [3.8, 4) is 11.8 Å². The van der Waals surface area contributed by atoms with Gasteiger partial charge in [0.1, 0.15) is 17.4 Å². The molecule has 20 heavy (non-hydrogen) atoms. The highest BCUT2D eigenvalue weighted by atomic mass is 16.6. The van der Waals surface area contributed by atoms with Crippen molar-refractivity contribution in [2.45, 2.75) is 0 Å². The highest BCUT2D eigenvalue weighted by Gasteiger charge is 2.10. The zero-order valence-corrected chi connectivity index (χ0v) is 9.81. The van der Waals surface area contributed by atoms with E-state index in [0.29, 0.717) is 0 Å². The van der Waals surface area contributed by atoms with Gasteiger partial charge in [-0.2, -0.15) is 10.5 Å². The van der Waals surface area contributed by atoms with Crippen molar-refractivity contribution < 1.29 is 10.0 Å². The van der Waals surface area contributed by atoms with Crippen molar-refractivity contribution in [2.75, 3.05) is 5.32 Å². The Balaban J connectivity index is 2.22. The molecule has 1 aromatic heterocycles. The van der Waals surface area contributed by atoms with Crippen LogP contribution in [0.1, 0.15) is 5.82 Å². The summed E-state index contributed by atoms with van der Waals surface area (Å²) in [5.74, 6) is -0.234. The molecule has 0 unspecified atom stereocenters. The molecule has 0 saturated heterocycles. The standard InChI is InChI=1S/C10H7N7O3/c11-4-6(10-13-15-16-14-10)5-12-8-2-1-7(17(19)20)3-9(8)18/h1-3,5,12,18H,(H,13,14,15,16). The largest absolute Gasteiger partial charge is 0.506 e. The third-order valence-electron chi connectivity index (χ3n) is 2.27. The van der Waals surface area contributed by atoms with E-state index >= 15 is 0 Å². The maximum absolute atomic E-state index is 10.5. The van der Waals surface area contributed by atoms with Gasteiger partial charge in [0.15, 0.2) is 0 Å². The zero-order valence-electron chi connectivity index (χ0n) is 9.81. The fourth-order valence-electron chi connectivity index (χ4n) is 1.33. The Hall–Kier alpha value is -3.48. The molecule has 2 rings (SSSR count). The second-order valence-electron chi connectivity index (χ2n) is 3.51. The lowest BCUT2D eigenvalue weighted by molar-refractivity contribution is -0.384. The van der Waals surface area contributed by atoms with Crippen LogP contribution in [0.2, 0.25) is 0 Å². The van der Waals surface area contributed by atoms with Crippen molar-refractivity contribution in [3.05, 3.63) is 40.3 Å². The highest BCUT2D eigenvalue weighted by Crippen LogP contribution is 2.28. The van der Waals surface area contributed by atoms with E-state index in [1.807, 2.05) is 6.07 Å². The Bertz CT molecular complexity index is 702. The number of allylic oxidation sites excluding steroid dienone is 1. The fraction of sp³-hybridized carbons (Fsp3) is 0. The van der Waals surface area contributed by atoms with Gasteiger partial charge in [0, 0.05) is 12.3 Å². The predicted octanol–water partition coefficient (Wildman–Crippen LogP) is 0.790. The van der Waals surface area contributed by atoms with Gasteiger partial charge in [0.25, 0.3) is 5.69 Å². The third-order valence-corrected chi connectivity index (χ3v) is 2.27. The molecular formula is C10H7N7O3. The van der Waals surface area contributed by atoms with Crippen LogP contribution in [-0.4, -0.2) is 30.7 Å². The van der Waals surface area contributed by atoms with Gasteiger partial charge in [-0.3, -0.25) is 10.1 Å². The lowest BCUT2D eigenvalue weighted by atomic mass is 10.2. The minimum absolute atomic E-state index is 0.0801. The minimum Gasteiger partial charge on any atom is -0.506 e. The molecule has 1 heterocycles. The molecule has 0 atom stereocenters. The van der Waals surface area contributed by atoms with Gasteiger partial charge in [0.05, 0.1) is 16.7 Å². The molecule has 0 amide bonds. The molecular weight excluding hydrogens is 266 g/mol. The van der Waals surface area contributed by atoms with E-state index in [4.69, 9.17) is 5.26 Å². The highest BCUT2D eigenvalue weighted by molar-refractivity contribution is 5.75. The number of anilines is 1. The van der Waals surface area contributed by atoms with E-state index in [9.17, 15) is 15.2 Å². The van der Waals surface area contributed by atoms with Crippen LogP contribution in [0.15, 0.2) is 24.4 Å². The summed E-state index contributed by atoms with van der Waals surface area (Å²) in [6, 6.07) is 5.38. The van der Waals surface area contributed by atoms with Crippen LogP contribution >= 0.6 is 0 Å². The second kappa shape index (κ2) is 5.44. The summed E-state index contributed by atoms with van der Waals surface area (Å²) in [4.78, 5) is 9.90. The molecule has 0 bridgehead atoms. The number of nitro benzene ring substituents is 1. The van der Waals surface area contributed by atoms with E-state index in [2.05, 4.69) is 25.9 Å². The number of nitrogens with one attached hydrogen (secondary N) is 2. The van der Waals surface area contributed by atoms with E-state index in [1.54, 1.807) is 0 Å². The smallest absolute Gasteiger partial charge is 0.273 e. The molecule has 0 aliphatic rings. The van der Waals surface area contributed by atoms with Crippen LogP contribution in [-0.2, 0) is 0 Å². The number of nitro groups is 1. The molecule has 0 fully saturated rings. The maximum Gasteiger partial charge on any atom is 0.273 e. The number of non-ortho nitro benzene ring substituents is 1. The van der Waals surface area contributed by atoms with E-state index in [0.717, 1.165) is 6.07 Å². The second-order valence-corrected chi connectivity index (χ2v) is 3.51. The first-order valence-electron chi connectivity index (χ1n) is 5.20. The summed E-state index contributed by atoms with van der Waals surface area (Å²) in [5.41, 5.74) is 0.0408. The SMILES string of the molecule is N#CC(=CNc1ccc([N+](=O)[O-])cc1O)c1nn[nH]n1. The Labute approximate surface area is 111 Å². The van der Waals surface area contributed by atoms with E-state index in [-0.39, 0.29) is 28.5 Å². The third kappa shape index (κ3) is 2.67. The van der Waals surface area contributed by atoms with Gasteiger partial charge >= 0.3 is 0 Å². The van der Waals surface area contributed by atoms with Crippen LogP contribution in [0.5, 0.6) is 5.75 Å². The van der Waals surface area contributed by atoms with Crippen LogP contribution in [0.3, 0.4) is 0 Å². The summed E-state index contributed by atoms with van der Waals surface area (Å²) in [5, 5.41) is 44.5. The molecule has 10 nitrogen and oxygen atoms in total. The Kier molecular flexibility index (Phi) is 3.53. The van der Waals surface area contributed by atoms with Gasteiger partial charge in [-0.25, -0.2) is 0 Å². The lowest BCUT2D eigenvalue weighted by Gasteiger charge is -2.03. The number of aromatic hydroxyl groups is 1. The van der Waals surface area contributed by atoms with Gasteiger partial charge in [-0.05, 0) is 11.3 Å². The number of hydrogen-bond acceptors (Lipinski definition) is 8. The van der Waals surface area contributed by atoms with Crippen molar-refractivity contribution in [2.24, 2.45) is 0 Å². The van der Waals surface area contributed by atoms with Crippen LogP contribution in [0.4, 0.5) is 11.4 Å². The number of tetrazole rings is 1. The van der Waals surface area contributed by atoms with Crippen molar-refractivity contribution in [1.29, 1.82) is 5.26 Å². The molecule has 0 aliphatic heterocycles. The predicted molar refractivity (Wildman–Crippen MR) is 66.2 cm³/mol. The number of phenols is 1. The normalized spacial score (nSPS) is 10.8. The average molecular weight is 273 g/mol. The monoisotopic (exact) mass is 273 g/mol. The average Bonchev–Trinajstić information content (AvgIpc) is 2.95. The Morgan fingerprint density at radius 3 is 2.95 bits per heavy atom. The molecule has 0 aliphatic carbocycles. The van der Waals surface area contributed by atoms with Gasteiger partial charge in [-0.15, -0.1) is 10.2 Å². The summed E-state index contributed by atoms with van der Waals surface area (Å²) < 4.78 is 0. The lowest BCUT2D eigenvalue weighted by Crippen LogP contribution is -1.94. The topological polar surface area (TPSA) is 154 Å². The number of aromatic amines is 1. The number of nitriles is 1. The summed E-state index contributed by atoms with van der Waals surface area (Å²) in [6.07, 6.45) is 1.26. The number of nitrogens with zero attached hydrogens (tertiary/aromatic N) is 5. The molecule has 0 spiro atoms. The first-order valence-corrected chi connectivity index (χ1v) is 5.20. The van der Waals surface area contributed by atoms with Crippen LogP contribution in [0.25, 0.3) is 5.57 Å². The molecule has 100 valence electrons. The van der Waals surface area contributed by atoms with Crippen molar-refractivity contribution in [3.63, 3.8) is 0 Å². The summed E-state index contributed by atoms with van der Waals surface area (Å²) in [7, 11) is 0. The molecule has 3 N–H and O–H groups in total. The number of phenolic OH excluding ortho intramolecular Hbond substituents is 1. The van der Waals surface area contributed by atoms with Crippen molar-refractivity contribution >= 4 is 16.9 Å². The zero-order chi connectivity index (χ0) is 14.5. The molecule has 10 heteroatoms. The minimum atomic E-state index is -0.626. The fourth-order valence-corrected chi connectivity index (χ4v) is 1.33. The van der Waals surface area contributed by atoms with E-state index < -0.39 is 4.92 Å². The number of hydrogen-bond donors (Lipinski definition) is 3. The Morgan fingerprint density at radius 1 is 1.60 bits per heavy atom. The molecule has 2 aromatic rings. The van der Waals surface area contributed by atoms with Gasteiger partial charge in [0.2, 0.25) is 5.82 Å². The number of aromatic nitrogens is 4. The summed E-state index contributed by atoms with van der Waals surface area (Å²) >= 11 is 0. The van der Waals surface area contributed by atoms with Crippen LogP contribution in [0, 0.1) is 21.4 Å². The first-order chi connectivity index (χ1) is 9.61. The summed E-state index contributed by atoms with van der Waals surface area (Å²) in [6.45, 7) is 0. The number of H-pyrrole nitrogens is 1. The molecule has 1 aromatic carbocycles. The van der Waals surface area contributed by atoms with Crippen LogP contribution < -0.4 is 5.32 Å². The van der Waals surface area contributed by atoms with Gasteiger partial charge in [-0.1, -0.05) is 0 Å². The number of benzene rings is 1. The number of rotatable bonds is 4. The Morgan fingerprint density at radius 2 is 2.40 bits per heavy atom. The van der Waals surface area contributed by atoms with E-state index in [1.165, 1.54) is 18.3 Å². The first kappa shape index (κ1) is 13.0. The van der Waals surface area contributed by atoms with Crippen molar-refractivity contribution in [1.82, 2.24) is 20.6 Å². The molecule has 0 saturated carbocycles. The maximum atomic E-state index is 10.5. The van der Waals surface area contributed by atoms with Gasteiger partial charge < -0.3 is 10.4 Å². The molecule has 0 radical (unpaired) electrons.